The summed E-state index contributed by atoms with van der Waals surface area (Å²) in [5.74, 6) is -1.63. The van der Waals surface area contributed by atoms with Gasteiger partial charge >= 0.3 is 5.97 Å². The first-order valence-corrected chi connectivity index (χ1v) is 6.63. The van der Waals surface area contributed by atoms with Gasteiger partial charge in [-0.05, 0) is 30.5 Å². The third-order valence-corrected chi connectivity index (χ3v) is 4.04. The van der Waals surface area contributed by atoms with Crippen molar-refractivity contribution in [2.24, 2.45) is 0 Å². The van der Waals surface area contributed by atoms with Gasteiger partial charge in [0.05, 0.1) is 5.41 Å². The van der Waals surface area contributed by atoms with Crippen molar-refractivity contribution in [2.75, 3.05) is 5.73 Å². The number of halogens is 1. The van der Waals surface area contributed by atoms with E-state index in [9.17, 15) is 14.3 Å². The first-order valence-electron chi connectivity index (χ1n) is 5.75. The number of nitrogen functional groups attached to an aromatic ring is 1. The van der Waals surface area contributed by atoms with E-state index in [0.29, 0.717) is 0 Å². The Labute approximate surface area is 114 Å². The largest absolute Gasteiger partial charge is 0.481 e. The number of anilines is 1. The highest BCUT2D eigenvalue weighted by Crippen LogP contribution is 2.32. The molecular formula is C14H14FNO2S. The molecule has 1 atom stereocenters. The van der Waals surface area contributed by atoms with Gasteiger partial charge in [0.15, 0.2) is 0 Å². The molecule has 2 aromatic rings. The molecule has 0 radical (unpaired) electrons. The van der Waals surface area contributed by atoms with E-state index < -0.39 is 17.2 Å². The summed E-state index contributed by atoms with van der Waals surface area (Å²) in [7, 11) is 0. The summed E-state index contributed by atoms with van der Waals surface area (Å²) < 4.78 is 14.0. The molecule has 3 nitrogen and oxygen atoms in total. The van der Waals surface area contributed by atoms with Crippen LogP contribution in [0.5, 0.6) is 0 Å². The van der Waals surface area contributed by atoms with E-state index >= 15 is 0 Å². The molecule has 1 heterocycles. The predicted octanol–water partition coefficient (Wildman–Crippen LogP) is 3.05. The quantitative estimate of drug-likeness (QED) is 0.845. The molecule has 0 amide bonds. The molecule has 0 spiro atoms. The van der Waals surface area contributed by atoms with Gasteiger partial charge in [-0.25, -0.2) is 4.39 Å². The number of carboxylic acid groups (broad SMARTS) is 1. The lowest BCUT2D eigenvalue weighted by Crippen LogP contribution is -2.35. The lowest BCUT2D eigenvalue weighted by Gasteiger charge is -2.25. The van der Waals surface area contributed by atoms with Crippen molar-refractivity contribution in [3.63, 3.8) is 0 Å². The molecule has 100 valence electrons. The highest BCUT2D eigenvalue weighted by atomic mass is 32.1. The number of nitrogens with two attached hydrogens (primary N) is 1. The van der Waals surface area contributed by atoms with Crippen LogP contribution < -0.4 is 5.73 Å². The molecule has 0 aliphatic heterocycles. The first kappa shape index (κ1) is 13.5. The highest BCUT2D eigenvalue weighted by Gasteiger charge is 2.38. The summed E-state index contributed by atoms with van der Waals surface area (Å²) in [6.45, 7) is 1.53. The lowest BCUT2D eigenvalue weighted by molar-refractivity contribution is -0.143. The molecule has 0 aliphatic rings. The monoisotopic (exact) mass is 279 g/mol. The minimum atomic E-state index is -1.30. The number of benzene rings is 1. The van der Waals surface area contributed by atoms with Crippen molar-refractivity contribution < 1.29 is 14.3 Å². The van der Waals surface area contributed by atoms with E-state index in [1.54, 1.807) is 0 Å². The van der Waals surface area contributed by atoms with Crippen LogP contribution >= 0.6 is 11.3 Å². The van der Waals surface area contributed by atoms with Crippen LogP contribution in [-0.4, -0.2) is 11.1 Å². The minimum absolute atomic E-state index is 0.155. The Balaban J connectivity index is 2.47. The van der Waals surface area contributed by atoms with Crippen LogP contribution in [0.4, 0.5) is 10.1 Å². The number of carboxylic acids is 1. The fraction of sp³-hybridized carbons (Fsp3) is 0.214. The van der Waals surface area contributed by atoms with E-state index in [-0.39, 0.29) is 17.7 Å². The van der Waals surface area contributed by atoms with E-state index in [2.05, 4.69) is 0 Å². The molecule has 19 heavy (non-hydrogen) atoms. The van der Waals surface area contributed by atoms with E-state index in [1.165, 1.54) is 30.4 Å². The molecule has 1 aromatic heterocycles. The second-order valence-electron chi connectivity index (χ2n) is 4.63. The maximum Gasteiger partial charge on any atom is 0.314 e. The maximum atomic E-state index is 14.0. The Hall–Kier alpha value is -1.88. The highest BCUT2D eigenvalue weighted by molar-refractivity contribution is 7.09. The zero-order valence-corrected chi connectivity index (χ0v) is 11.2. The van der Waals surface area contributed by atoms with Gasteiger partial charge in [0.2, 0.25) is 0 Å². The zero-order valence-electron chi connectivity index (χ0n) is 10.4. The van der Waals surface area contributed by atoms with Crippen LogP contribution in [0.1, 0.15) is 17.4 Å². The summed E-state index contributed by atoms with van der Waals surface area (Å²) in [4.78, 5) is 12.5. The predicted molar refractivity (Wildman–Crippen MR) is 73.8 cm³/mol. The maximum absolute atomic E-state index is 14.0. The molecule has 3 N–H and O–H groups in total. The second kappa shape index (κ2) is 5.01. The van der Waals surface area contributed by atoms with Crippen molar-refractivity contribution in [1.29, 1.82) is 0 Å². The van der Waals surface area contributed by atoms with Gasteiger partial charge in [0.25, 0.3) is 0 Å². The van der Waals surface area contributed by atoms with Gasteiger partial charge < -0.3 is 10.8 Å². The van der Waals surface area contributed by atoms with Crippen molar-refractivity contribution in [3.05, 3.63) is 52.0 Å². The minimum Gasteiger partial charge on any atom is -0.481 e. The molecule has 1 unspecified atom stereocenters. The molecule has 0 aliphatic carbocycles. The summed E-state index contributed by atoms with van der Waals surface area (Å²) in [5, 5.41) is 11.4. The van der Waals surface area contributed by atoms with Gasteiger partial charge in [0.1, 0.15) is 5.82 Å². The smallest absolute Gasteiger partial charge is 0.314 e. The zero-order chi connectivity index (χ0) is 14.0. The van der Waals surface area contributed by atoms with Crippen LogP contribution in [0.15, 0.2) is 35.7 Å². The van der Waals surface area contributed by atoms with Crippen molar-refractivity contribution in [2.45, 2.75) is 18.8 Å². The van der Waals surface area contributed by atoms with E-state index in [0.717, 1.165) is 10.9 Å². The average Bonchev–Trinajstić information content (AvgIpc) is 2.81. The number of rotatable bonds is 4. The summed E-state index contributed by atoms with van der Waals surface area (Å²) in [5.41, 5.74) is 4.63. The average molecular weight is 279 g/mol. The normalized spacial score (nSPS) is 14.0. The SMILES string of the molecule is CC(Cc1cccs1)(C(=O)O)c1ccc(N)cc1F. The molecule has 1 aromatic carbocycles. The Morgan fingerprint density at radius 1 is 1.47 bits per heavy atom. The Kier molecular flexibility index (Phi) is 3.57. The number of aliphatic carboxylic acids is 1. The molecule has 5 heteroatoms. The van der Waals surface area contributed by atoms with Gasteiger partial charge in [0, 0.05) is 22.5 Å². The van der Waals surface area contributed by atoms with Crippen LogP contribution in [0.25, 0.3) is 0 Å². The number of carbonyl (C=O) groups is 1. The van der Waals surface area contributed by atoms with Gasteiger partial charge in [-0.15, -0.1) is 11.3 Å². The van der Waals surface area contributed by atoms with Gasteiger partial charge in [-0.2, -0.15) is 0 Å². The van der Waals surface area contributed by atoms with E-state index in [1.807, 2.05) is 17.5 Å². The number of hydrogen-bond acceptors (Lipinski definition) is 3. The third kappa shape index (κ3) is 2.61. The van der Waals surface area contributed by atoms with Crippen molar-refractivity contribution in [1.82, 2.24) is 0 Å². The van der Waals surface area contributed by atoms with Crippen LogP contribution in [-0.2, 0) is 16.6 Å². The van der Waals surface area contributed by atoms with Crippen LogP contribution in [0, 0.1) is 5.82 Å². The molecule has 2 rings (SSSR count). The lowest BCUT2D eigenvalue weighted by atomic mass is 9.78. The molecule has 0 bridgehead atoms. The molecule has 0 saturated carbocycles. The second-order valence-corrected chi connectivity index (χ2v) is 5.66. The first-order chi connectivity index (χ1) is 8.93. The number of hydrogen-bond donors (Lipinski definition) is 2. The number of thiophene rings is 1. The topological polar surface area (TPSA) is 63.3 Å². The Bertz CT molecular complexity index is 597. The third-order valence-electron chi connectivity index (χ3n) is 3.17. The van der Waals surface area contributed by atoms with Crippen molar-refractivity contribution >= 4 is 23.0 Å². The van der Waals surface area contributed by atoms with Crippen LogP contribution in [0.2, 0.25) is 0 Å². The fourth-order valence-electron chi connectivity index (χ4n) is 2.03. The fourth-order valence-corrected chi connectivity index (χ4v) is 2.89. The summed E-state index contributed by atoms with van der Waals surface area (Å²) in [6, 6.07) is 7.83. The summed E-state index contributed by atoms with van der Waals surface area (Å²) >= 11 is 1.46. The summed E-state index contributed by atoms with van der Waals surface area (Å²) in [6.07, 6.45) is 0.251. The molecule has 0 saturated heterocycles. The van der Waals surface area contributed by atoms with Crippen LogP contribution in [0.3, 0.4) is 0 Å². The van der Waals surface area contributed by atoms with Gasteiger partial charge in [-0.3, -0.25) is 4.79 Å². The standard InChI is InChI=1S/C14H14FNO2S/c1-14(13(17)18,8-10-3-2-6-19-10)11-5-4-9(16)7-12(11)15/h2-7H,8,16H2,1H3,(H,17,18). The Morgan fingerprint density at radius 3 is 2.74 bits per heavy atom. The van der Waals surface area contributed by atoms with E-state index in [4.69, 9.17) is 5.73 Å². The molecule has 0 fully saturated rings. The Morgan fingerprint density at radius 2 is 2.21 bits per heavy atom. The van der Waals surface area contributed by atoms with Crippen molar-refractivity contribution in [3.8, 4) is 0 Å². The molecular weight excluding hydrogens is 265 g/mol. The van der Waals surface area contributed by atoms with Gasteiger partial charge in [-0.1, -0.05) is 12.1 Å².